The van der Waals surface area contributed by atoms with E-state index in [-0.39, 0.29) is 17.7 Å². The Morgan fingerprint density at radius 1 is 1.03 bits per heavy atom. The van der Waals surface area contributed by atoms with Crippen LogP contribution in [0, 0.1) is 6.92 Å². The van der Waals surface area contributed by atoms with E-state index in [0.29, 0.717) is 51.5 Å². The van der Waals surface area contributed by atoms with Gasteiger partial charge in [0.05, 0.1) is 13.1 Å². The van der Waals surface area contributed by atoms with Gasteiger partial charge in [-0.2, -0.15) is 0 Å². The van der Waals surface area contributed by atoms with Gasteiger partial charge in [-0.05, 0) is 37.1 Å². The molecule has 0 N–H and O–H groups in total. The third-order valence-corrected chi connectivity index (χ3v) is 7.35. The molecular formula is C27H33N5O3S. The molecule has 4 rings (SSSR count). The van der Waals surface area contributed by atoms with Crippen LogP contribution in [0.1, 0.15) is 57.4 Å². The van der Waals surface area contributed by atoms with Crippen LogP contribution in [-0.4, -0.2) is 74.7 Å². The van der Waals surface area contributed by atoms with E-state index in [0.717, 1.165) is 28.2 Å². The molecule has 0 atom stereocenters. The zero-order chi connectivity index (χ0) is 25.7. The Hall–Kier alpha value is -3.46. The number of amides is 3. The smallest absolute Gasteiger partial charge is 0.273 e. The SMILES string of the molecule is CCCN(Cc1cccn1Cc1nc(C(=O)N2CCN(C(C)=O)CC2)cs1)C(=O)c1ccccc1C. The van der Waals surface area contributed by atoms with Crippen molar-refractivity contribution in [1.82, 2.24) is 24.3 Å². The number of hydrogen-bond acceptors (Lipinski definition) is 5. The first-order chi connectivity index (χ1) is 17.4. The van der Waals surface area contributed by atoms with Crippen LogP contribution in [0.5, 0.6) is 0 Å². The first kappa shape index (κ1) is 25.6. The minimum Gasteiger partial charge on any atom is -0.343 e. The molecule has 1 aliphatic rings. The first-order valence-corrected chi connectivity index (χ1v) is 13.2. The largest absolute Gasteiger partial charge is 0.343 e. The summed E-state index contributed by atoms with van der Waals surface area (Å²) in [6.45, 7) is 9.47. The van der Waals surface area contributed by atoms with Gasteiger partial charge in [-0.3, -0.25) is 14.4 Å². The maximum Gasteiger partial charge on any atom is 0.273 e. The highest BCUT2D eigenvalue weighted by Crippen LogP contribution is 2.18. The van der Waals surface area contributed by atoms with Crippen LogP contribution in [0.3, 0.4) is 0 Å². The lowest BCUT2D eigenvalue weighted by Crippen LogP contribution is -2.50. The predicted molar refractivity (Wildman–Crippen MR) is 140 cm³/mol. The summed E-state index contributed by atoms with van der Waals surface area (Å²) in [5.74, 6) is -0.0141. The van der Waals surface area contributed by atoms with Gasteiger partial charge >= 0.3 is 0 Å². The van der Waals surface area contributed by atoms with Gasteiger partial charge in [0.1, 0.15) is 10.7 Å². The van der Waals surface area contributed by atoms with Gasteiger partial charge in [0.25, 0.3) is 11.8 Å². The molecule has 0 spiro atoms. The number of hydrogen-bond donors (Lipinski definition) is 0. The van der Waals surface area contributed by atoms with Crippen molar-refractivity contribution in [2.75, 3.05) is 32.7 Å². The highest BCUT2D eigenvalue weighted by Gasteiger charge is 2.25. The van der Waals surface area contributed by atoms with E-state index in [9.17, 15) is 14.4 Å². The van der Waals surface area contributed by atoms with Crippen LogP contribution >= 0.6 is 11.3 Å². The van der Waals surface area contributed by atoms with Crippen LogP contribution in [0.2, 0.25) is 0 Å². The summed E-state index contributed by atoms with van der Waals surface area (Å²) in [7, 11) is 0. The van der Waals surface area contributed by atoms with Crippen molar-refractivity contribution in [2.24, 2.45) is 0 Å². The Morgan fingerprint density at radius 3 is 2.44 bits per heavy atom. The summed E-state index contributed by atoms with van der Waals surface area (Å²) < 4.78 is 2.09. The lowest BCUT2D eigenvalue weighted by molar-refractivity contribution is -0.130. The zero-order valence-electron chi connectivity index (χ0n) is 21.1. The minimum absolute atomic E-state index is 0.0368. The maximum atomic E-state index is 13.3. The molecule has 2 aromatic heterocycles. The van der Waals surface area contributed by atoms with Crippen LogP contribution in [-0.2, 0) is 17.9 Å². The normalized spacial score (nSPS) is 13.6. The van der Waals surface area contributed by atoms with Crippen LogP contribution < -0.4 is 0 Å². The van der Waals surface area contributed by atoms with Crippen LogP contribution in [0.4, 0.5) is 0 Å². The predicted octanol–water partition coefficient (Wildman–Crippen LogP) is 3.66. The maximum absolute atomic E-state index is 13.3. The zero-order valence-corrected chi connectivity index (χ0v) is 22.0. The molecule has 3 aromatic rings. The minimum atomic E-state index is -0.0913. The van der Waals surface area contributed by atoms with Crippen LogP contribution in [0.25, 0.3) is 0 Å². The van der Waals surface area contributed by atoms with Crippen molar-refractivity contribution in [3.63, 3.8) is 0 Å². The van der Waals surface area contributed by atoms with Crippen molar-refractivity contribution >= 4 is 29.1 Å². The lowest BCUT2D eigenvalue weighted by Gasteiger charge is -2.33. The molecule has 3 amide bonds. The van der Waals surface area contributed by atoms with Gasteiger partial charge in [-0.15, -0.1) is 11.3 Å². The highest BCUT2D eigenvalue weighted by molar-refractivity contribution is 7.09. The second-order valence-electron chi connectivity index (χ2n) is 9.09. The molecule has 1 aromatic carbocycles. The Morgan fingerprint density at radius 2 is 1.75 bits per heavy atom. The second-order valence-corrected chi connectivity index (χ2v) is 10.0. The van der Waals surface area contributed by atoms with Crippen molar-refractivity contribution < 1.29 is 14.4 Å². The van der Waals surface area contributed by atoms with Gasteiger partial charge in [0.15, 0.2) is 0 Å². The Kier molecular flexibility index (Phi) is 8.20. The summed E-state index contributed by atoms with van der Waals surface area (Å²) >= 11 is 1.46. The number of carbonyl (C=O) groups is 3. The van der Waals surface area contributed by atoms with E-state index in [2.05, 4.69) is 16.5 Å². The third-order valence-electron chi connectivity index (χ3n) is 6.52. The van der Waals surface area contributed by atoms with Crippen LogP contribution in [0.15, 0.2) is 48.0 Å². The van der Waals surface area contributed by atoms with E-state index in [4.69, 9.17) is 0 Å². The number of aromatic nitrogens is 2. The molecule has 190 valence electrons. The number of benzene rings is 1. The van der Waals surface area contributed by atoms with E-state index in [1.165, 1.54) is 11.3 Å². The highest BCUT2D eigenvalue weighted by atomic mass is 32.1. The molecule has 9 heteroatoms. The van der Waals surface area contributed by atoms with Crippen molar-refractivity contribution in [2.45, 2.75) is 40.3 Å². The van der Waals surface area contributed by atoms with Gasteiger partial charge in [0, 0.05) is 62.5 Å². The monoisotopic (exact) mass is 507 g/mol. The molecule has 1 aliphatic heterocycles. The Balaban J connectivity index is 1.42. The summed E-state index contributed by atoms with van der Waals surface area (Å²) in [5.41, 5.74) is 3.18. The molecule has 0 aliphatic carbocycles. The van der Waals surface area contributed by atoms with E-state index in [1.54, 1.807) is 16.7 Å². The summed E-state index contributed by atoms with van der Waals surface area (Å²) in [6.07, 6.45) is 2.86. The lowest BCUT2D eigenvalue weighted by atomic mass is 10.1. The molecule has 1 fully saturated rings. The third kappa shape index (κ3) is 5.84. The quantitative estimate of drug-likeness (QED) is 0.466. The van der Waals surface area contributed by atoms with E-state index >= 15 is 0 Å². The molecule has 1 saturated heterocycles. The van der Waals surface area contributed by atoms with Gasteiger partial charge in [0.2, 0.25) is 5.91 Å². The molecule has 0 bridgehead atoms. The van der Waals surface area contributed by atoms with Crippen molar-refractivity contribution in [3.05, 3.63) is 75.5 Å². The number of thiazole rings is 1. The number of carbonyl (C=O) groups excluding carboxylic acids is 3. The van der Waals surface area contributed by atoms with Crippen molar-refractivity contribution in [1.29, 1.82) is 0 Å². The topological polar surface area (TPSA) is 78.8 Å². The van der Waals surface area contributed by atoms with E-state index in [1.807, 2.05) is 59.8 Å². The average molecular weight is 508 g/mol. The Labute approximate surface area is 216 Å². The first-order valence-electron chi connectivity index (χ1n) is 12.4. The molecule has 0 saturated carbocycles. The van der Waals surface area contributed by atoms with Gasteiger partial charge < -0.3 is 19.3 Å². The summed E-state index contributed by atoms with van der Waals surface area (Å²) in [6, 6.07) is 11.7. The molecular weight excluding hydrogens is 474 g/mol. The fourth-order valence-electron chi connectivity index (χ4n) is 4.46. The molecule has 3 heterocycles. The number of piperazine rings is 1. The summed E-state index contributed by atoms with van der Waals surface area (Å²) in [5, 5.41) is 2.65. The van der Waals surface area contributed by atoms with Crippen molar-refractivity contribution in [3.8, 4) is 0 Å². The summed E-state index contributed by atoms with van der Waals surface area (Å²) in [4.78, 5) is 47.8. The molecule has 0 radical (unpaired) electrons. The number of aryl methyl sites for hydroxylation is 1. The standard InChI is InChI=1S/C27H33N5O3S/c1-4-11-32(26(34)23-10-6-5-8-20(23)2)17-22-9-7-12-31(22)18-25-28-24(19-36-25)27(35)30-15-13-29(14-16-30)21(3)33/h5-10,12,19H,4,11,13-18H2,1-3H3. The van der Waals surface area contributed by atoms with Gasteiger partial charge in [-0.25, -0.2) is 4.98 Å². The number of rotatable bonds is 8. The fraction of sp³-hybridized carbons (Fsp3) is 0.407. The fourth-order valence-corrected chi connectivity index (χ4v) is 5.23. The molecule has 8 nitrogen and oxygen atoms in total. The number of nitrogens with zero attached hydrogens (tertiary/aromatic N) is 5. The second kappa shape index (κ2) is 11.5. The molecule has 0 unspecified atom stereocenters. The van der Waals surface area contributed by atoms with E-state index < -0.39 is 0 Å². The molecule has 36 heavy (non-hydrogen) atoms. The van der Waals surface area contributed by atoms with Gasteiger partial charge in [-0.1, -0.05) is 25.1 Å². The average Bonchev–Trinajstić information content (AvgIpc) is 3.53. The Bertz CT molecular complexity index is 1230.